The number of hydrogen-bond donors (Lipinski definition) is 1. The van der Waals surface area contributed by atoms with E-state index in [0.29, 0.717) is 12.8 Å². The van der Waals surface area contributed by atoms with Crippen LogP contribution in [-0.2, 0) is 4.79 Å². The van der Waals surface area contributed by atoms with E-state index in [9.17, 15) is 18.0 Å². The van der Waals surface area contributed by atoms with Gasteiger partial charge in [0.15, 0.2) is 0 Å². The van der Waals surface area contributed by atoms with Gasteiger partial charge in [-0.3, -0.25) is 4.79 Å². The number of halogens is 3. The number of nitrogens with two attached hydrogens (primary N) is 1. The predicted octanol–water partition coefficient (Wildman–Crippen LogP) is 2.55. The highest BCUT2D eigenvalue weighted by Crippen LogP contribution is 2.36. The number of nitrogens with zero attached hydrogens (tertiary/aromatic N) is 1. The Morgan fingerprint density at radius 3 is 2.00 bits per heavy atom. The van der Waals surface area contributed by atoms with Crippen LogP contribution in [-0.4, -0.2) is 36.6 Å². The van der Waals surface area contributed by atoms with Crippen LogP contribution in [0.5, 0.6) is 0 Å². The van der Waals surface area contributed by atoms with Crippen molar-refractivity contribution >= 4 is 5.91 Å². The second-order valence-electron chi connectivity index (χ2n) is 5.30. The molecule has 0 radical (unpaired) electrons. The molecule has 0 atom stereocenters. The third-order valence-electron chi connectivity index (χ3n) is 4.44. The molecule has 0 spiro atoms. The molecule has 1 heterocycles. The first-order chi connectivity index (χ1) is 8.80. The summed E-state index contributed by atoms with van der Waals surface area (Å²) in [6, 6.07) is 0. The van der Waals surface area contributed by atoms with Gasteiger partial charge in [-0.05, 0) is 25.7 Å². The third kappa shape index (κ3) is 3.41. The number of alkyl halides is 3. The standard InChI is InChI=1S/C13H23F3N2O/c1-3-12(4-2,9-17)11(19)18-7-5-10(6-8-18)13(14,15)16/h10H,3-9,17H2,1-2H3. The summed E-state index contributed by atoms with van der Waals surface area (Å²) in [6.07, 6.45) is -2.89. The van der Waals surface area contributed by atoms with Gasteiger partial charge in [0.05, 0.1) is 11.3 Å². The number of carbonyl (C=O) groups is 1. The maximum Gasteiger partial charge on any atom is 0.391 e. The molecule has 1 amide bonds. The van der Waals surface area contributed by atoms with Crippen LogP contribution in [0.15, 0.2) is 0 Å². The Balaban J connectivity index is 2.67. The first-order valence-electron chi connectivity index (χ1n) is 6.87. The van der Waals surface area contributed by atoms with Crippen LogP contribution >= 0.6 is 0 Å². The zero-order chi connectivity index (χ0) is 14.7. The van der Waals surface area contributed by atoms with Gasteiger partial charge >= 0.3 is 6.18 Å². The predicted molar refractivity (Wildman–Crippen MR) is 67.4 cm³/mol. The fraction of sp³-hybridized carbons (Fsp3) is 0.923. The van der Waals surface area contributed by atoms with Gasteiger partial charge in [-0.25, -0.2) is 0 Å². The Labute approximate surface area is 112 Å². The van der Waals surface area contributed by atoms with Crippen LogP contribution < -0.4 is 5.73 Å². The Hall–Kier alpha value is -0.780. The lowest BCUT2D eigenvalue weighted by molar-refractivity contribution is -0.187. The summed E-state index contributed by atoms with van der Waals surface area (Å²) in [5, 5.41) is 0. The molecule has 1 aliphatic heterocycles. The van der Waals surface area contributed by atoms with Crippen LogP contribution in [0.3, 0.4) is 0 Å². The highest BCUT2D eigenvalue weighted by atomic mass is 19.4. The quantitative estimate of drug-likeness (QED) is 0.860. The lowest BCUT2D eigenvalue weighted by Crippen LogP contribution is -2.51. The van der Waals surface area contributed by atoms with Crippen LogP contribution in [0.25, 0.3) is 0 Å². The van der Waals surface area contributed by atoms with Crippen molar-refractivity contribution in [1.29, 1.82) is 0 Å². The molecule has 2 N–H and O–H groups in total. The molecule has 19 heavy (non-hydrogen) atoms. The van der Waals surface area contributed by atoms with E-state index in [0.717, 1.165) is 0 Å². The van der Waals surface area contributed by atoms with E-state index in [2.05, 4.69) is 0 Å². The van der Waals surface area contributed by atoms with Crippen LogP contribution in [0.1, 0.15) is 39.5 Å². The number of rotatable bonds is 4. The normalized spacial score (nSPS) is 18.7. The van der Waals surface area contributed by atoms with Gasteiger partial charge in [0.25, 0.3) is 0 Å². The largest absolute Gasteiger partial charge is 0.391 e. The number of likely N-dealkylation sites (tertiary alicyclic amines) is 1. The number of hydrogen-bond acceptors (Lipinski definition) is 2. The second kappa shape index (κ2) is 6.11. The van der Waals surface area contributed by atoms with Crippen molar-refractivity contribution in [1.82, 2.24) is 4.90 Å². The molecule has 112 valence electrons. The molecule has 0 unspecified atom stereocenters. The van der Waals surface area contributed by atoms with Gasteiger partial charge in [0, 0.05) is 19.6 Å². The van der Waals surface area contributed by atoms with Crippen molar-refractivity contribution in [3.8, 4) is 0 Å². The fourth-order valence-electron chi connectivity index (χ4n) is 2.67. The molecular formula is C13H23F3N2O. The van der Waals surface area contributed by atoms with E-state index < -0.39 is 17.5 Å². The Morgan fingerprint density at radius 1 is 1.21 bits per heavy atom. The molecular weight excluding hydrogens is 257 g/mol. The van der Waals surface area contributed by atoms with E-state index in [1.54, 1.807) is 4.90 Å². The number of amides is 1. The summed E-state index contributed by atoms with van der Waals surface area (Å²) in [5.41, 5.74) is 5.10. The van der Waals surface area contributed by atoms with Gasteiger partial charge in [-0.1, -0.05) is 13.8 Å². The van der Waals surface area contributed by atoms with E-state index in [1.165, 1.54) is 0 Å². The third-order valence-corrected chi connectivity index (χ3v) is 4.44. The van der Waals surface area contributed by atoms with Crippen molar-refractivity contribution in [3.05, 3.63) is 0 Å². The van der Waals surface area contributed by atoms with E-state index >= 15 is 0 Å². The van der Waals surface area contributed by atoms with Gasteiger partial charge in [-0.2, -0.15) is 13.2 Å². The molecule has 0 saturated carbocycles. The first kappa shape index (κ1) is 16.3. The summed E-state index contributed by atoms with van der Waals surface area (Å²) in [5.74, 6) is -1.35. The molecule has 1 fully saturated rings. The van der Waals surface area contributed by atoms with Crippen molar-refractivity contribution in [3.63, 3.8) is 0 Å². The van der Waals surface area contributed by atoms with Crippen LogP contribution in [0, 0.1) is 11.3 Å². The highest BCUT2D eigenvalue weighted by molar-refractivity contribution is 5.83. The lowest BCUT2D eigenvalue weighted by Gasteiger charge is -2.39. The topological polar surface area (TPSA) is 46.3 Å². The maximum absolute atomic E-state index is 12.6. The van der Waals surface area contributed by atoms with Crippen LogP contribution in [0.4, 0.5) is 13.2 Å². The summed E-state index contributed by atoms with van der Waals surface area (Å²) >= 11 is 0. The Bertz CT molecular complexity index is 297. The minimum Gasteiger partial charge on any atom is -0.342 e. The average molecular weight is 280 g/mol. The van der Waals surface area contributed by atoms with Gasteiger partial charge in [-0.15, -0.1) is 0 Å². The molecule has 0 bridgehead atoms. The minimum absolute atomic E-state index is 0.00329. The van der Waals surface area contributed by atoms with Crippen LogP contribution in [0.2, 0.25) is 0 Å². The van der Waals surface area contributed by atoms with Gasteiger partial charge < -0.3 is 10.6 Å². The Morgan fingerprint density at radius 2 is 1.68 bits per heavy atom. The van der Waals surface area contributed by atoms with E-state index in [4.69, 9.17) is 5.73 Å². The SMILES string of the molecule is CCC(CC)(CN)C(=O)N1CCC(C(F)(F)F)CC1. The number of carbonyl (C=O) groups excluding carboxylic acids is 1. The molecule has 6 heteroatoms. The van der Waals surface area contributed by atoms with Crippen molar-refractivity contribution < 1.29 is 18.0 Å². The van der Waals surface area contributed by atoms with E-state index in [1.807, 2.05) is 13.8 Å². The molecule has 1 saturated heterocycles. The molecule has 0 aromatic carbocycles. The maximum atomic E-state index is 12.6. The molecule has 0 aromatic heterocycles. The first-order valence-corrected chi connectivity index (χ1v) is 6.87. The fourth-order valence-corrected chi connectivity index (χ4v) is 2.67. The Kier molecular flexibility index (Phi) is 5.24. The van der Waals surface area contributed by atoms with Crippen molar-refractivity contribution in [2.45, 2.75) is 45.7 Å². The smallest absolute Gasteiger partial charge is 0.342 e. The summed E-state index contributed by atoms with van der Waals surface area (Å²) in [7, 11) is 0. The molecule has 3 nitrogen and oxygen atoms in total. The summed E-state index contributed by atoms with van der Waals surface area (Å²) in [6.45, 7) is 4.42. The molecule has 0 aromatic rings. The van der Waals surface area contributed by atoms with Gasteiger partial charge in [0.1, 0.15) is 0 Å². The van der Waals surface area contributed by atoms with Crippen molar-refractivity contribution in [2.24, 2.45) is 17.1 Å². The summed E-state index contributed by atoms with van der Waals surface area (Å²) < 4.78 is 37.7. The molecule has 1 aliphatic rings. The molecule has 0 aliphatic carbocycles. The lowest BCUT2D eigenvalue weighted by atomic mass is 9.80. The summed E-state index contributed by atoms with van der Waals surface area (Å²) in [4.78, 5) is 14.0. The second-order valence-corrected chi connectivity index (χ2v) is 5.30. The monoisotopic (exact) mass is 280 g/mol. The molecule has 1 rings (SSSR count). The minimum atomic E-state index is -4.14. The van der Waals surface area contributed by atoms with E-state index in [-0.39, 0.29) is 38.4 Å². The van der Waals surface area contributed by atoms with Gasteiger partial charge in [0.2, 0.25) is 5.91 Å². The highest BCUT2D eigenvalue weighted by Gasteiger charge is 2.44. The average Bonchev–Trinajstić information content (AvgIpc) is 2.40. The number of piperidine rings is 1. The van der Waals surface area contributed by atoms with Crippen molar-refractivity contribution in [2.75, 3.05) is 19.6 Å². The zero-order valence-corrected chi connectivity index (χ0v) is 11.6. The zero-order valence-electron chi connectivity index (χ0n) is 11.6.